The number of carbonyl (C=O) groups is 1. The maximum atomic E-state index is 13.3. The predicted molar refractivity (Wildman–Crippen MR) is 337 cm³/mol. The van der Waals surface area contributed by atoms with Crippen LogP contribution in [-0.4, -0.2) is 140 Å². The average Bonchev–Trinajstić information content (AvgIpc) is 3.64. The van der Waals surface area contributed by atoms with E-state index in [2.05, 4.69) is 43.5 Å². The number of carbonyl (C=O) groups excluding carboxylic acids is 1. The van der Waals surface area contributed by atoms with Gasteiger partial charge in [-0.05, 0) is 51.4 Å². The summed E-state index contributed by atoms with van der Waals surface area (Å²) in [6.07, 6.45) is 52.0. The van der Waals surface area contributed by atoms with Crippen LogP contribution < -0.4 is 5.32 Å². The van der Waals surface area contributed by atoms with E-state index in [4.69, 9.17) is 18.9 Å². The molecular weight excluding hydrogens is 1050 g/mol. The Bertz CT molecular complexity index is 1530. The van der Waals surface area contributed by atoms with Gasteiger partial charge in [0.05, 0.1) is 32.0 Å². The van der Waals surface area contributed by atoms with E-state index in [0.29, 0.717) is 6.42 Å². The van der Waals surface area contributed by atoms with Gasteiger partial charge < -0.3 is 65.1 Å². The smallest absolute Gasteiger partial charge is 0.220 e. The van der Waals surface area contributed by atoms with Crippen molar-refractivity contribution in [3.8, 4) is 0 Å². The van der Waals surface area contributed by atoms with E-state index in [0.717, 1.165) is 51.4 Å². The van der Waals surface area contributed by atoms with Gasteiger partial charge in [-0.2, -0.15) is 0 Å². The van der Waals surface area contributed by atoms with Gasteiger partial charge in [-0.3, -0.25) is 4.79 Å². The maximum Gasteiger partial charge on any atom is 0.220 e. The Morgan fingerprint density at radius 3 is 1.23 bits per heavy atom. The van der Waals surface area contributed by atoms with Crippen molar-refractivity contribution in [3.05, 3.63) is 36.5 Å². The second kappa shape index (κ2) is 54.4. The van der Waals surface area contributed by atoms with Gasteiger partial charge in [0.25, 0.3) is 0 Å². The van der Waals surface area contributed by atoms with Crippen molar-refractivity contribution in [2.75, 3.05) is 19.8 Å². The third-order valence-electron chi connectivity index (χ3n) is 17.1. The molecule has 12 atom stereocenters. The molecule has 2 aliphatic rings. The molecule has 83 heavy (non-hydrogen) atoms. The SMILES string of the molecule is CCCCC/C=C\C/C=C\CCCCCCCCCCCC(=O)NC(COC1OC(CO)C(OC2OC(CO)C(O)C(O)C2O)C(O)C1O)C(O)/C=C/CCCCCCCCCCCCCCCCCCCCCCCCCCCCCC. The summed E-state index contributed by atoms with van der Waals surface area (Å²) in [5.41, 5.74) is 0. The van der Waals surface area contributed by atoms with Crippen LogP contribution in [0.3, 0.4) is 0 Å². The fourth-order valence-corrected chi connectivity index (χ4v) is 11.5. The van der Waals surface area contributed by atoms with Crippen LogP contribution >= 0.6 is 0 Å². The molecular formula is C69H129NO13. The standard InChI is InChI=1S/C69H129NO13/c1-3-5-7-9-11-13-15-17-19-21-23-24-25-26-27-28-29-30-31-32-33-35-36-38-40-42-44-46-48-50-52-58(73)57(70-61(74)53-51-49-47-45-43-41-39-37-34-22-20-18-16-14-12-10-8-6-4-2)56-80-68-66(79)64(77)67(60(55-72)82-68)83-69-65(78)63(76)62(75)59(54-71)81-69/h12,14,18,20,50,52,57-60,62-69,71-73,75-79H,3-11,13,15-17,19,21-49,51,53-56H2,1-2H3,(H,70,74)/b14-12-,20-18-,52-50+. The first-order valence-electron chi connectivity index (χ1n) is 34.7. The number of allylic oxidation sites excluding steroid dienone is 5. The van der Waals surface area contributed by atoms with Crippen molar-refractivity contribution in [1.82, 2.24) is 5.32 Å². The molecule has 0 aromatic heterocycles. The minimum atomic E-state index is -1.79. The molecule has 2 fully saturated rings. The van der Waals surface area contributed by atoms with E-state index >= 15 is 0 Å². The number of aliphatic hydroxyl groups excluding tert-OH is 8. The highest BCUT2D eigenvalue weighted by molar-refractivity contribution is 5.76. The summed E-state index contributed by atoms with van der Waals surface area (Å²) in [5, 5.41) is 87.4. The van der Waals surface area contributed by atoms with Gasteiger partial charge in [-0.1, -0.05) is 281 Å². The molecule has 0 spiro atoms. The lowest BCUT2D eigenvalue weighted by Crippen LogP contribution is -2.65. The summed E-state index contributed by atoms with van der Waals surface area (Å²) in [6.45, 7) is 2.81. The van der Waals surface area contributed by atoms with Gasteiger partial charge in [0, 0.05) is 6.42 Å². The van der Waals surface area contributed by atoms with Crippen LogP contribution in [0, 0.1) is 0 Å². The Morgan fingerprint density at radius 1 is 0.434 bits per heavy atom. The lowest BCUT2D eigenvalue weighted by atomic mass is 9.97. The Kier molecular flexibility index (Phi) is 50.6. The number of amides is 1. The number of ether oxygens (including phenoxy) is 4. The molecule has 0 radical (unpaired) electrons. The molecule has 2 aliphatic heterocycles. The number of hydrogen-bond acceptors (Lipinski definition) is 13. The Morgan fingerprint density at radius 2 is 0.795 bits per heavy atom. The van der Waals surface area contributed by atoms with Crippen LogP contribution in [0.15, 0.2) is 36.5 Å². The summed E-state index contributed by atoms with van der Waals surface area (Å²) in [7, 11) is 0. The molecule has 14 heteroatoms. The van der Waals surface area contributed by atoms with E-state index < -0.39 is 86.8 Å². The highest BCUT2D eigenvalue weighted by Gasteiger charge is 2.51. The van der Waals surface area contributed by atoms with Crippen molar-refractivity contribution < 1.29 is 64.6 Å². The summed E-state index contributed by atoms with van der Waals surface area (Å²) in [6, 6.07) is -0.918. The van der Waals surface area contributed by atoms with Crippen molar-refractivity contribution >= 4 is 5.91 Å². The molecule has 0 saturated carbocycles. The van der Waals surface area contributed by atoms with Gasteiger partial charge in [0.1, 0.15) is 48.8 Å². The van der Waals surface area contributed by atoms with Crippen molar-refractivity contribution in [1.29, 1.82) is 0 Å². The Balaban J connectivity index is 1.68. The van der Waals surface area contributed by atoms with Crippen LogP contribution in [0.1, 0.15) is 303 Å². The number of nitrogens with one attached hydrogen (secondary N) is 1. The molecule has 14 nitrogen and oxygen atoms in total. The number of unbranched alkanes of at least 4 members (excludes halogenated alkanes) is 40. The first-order chi connectivity index (χ1) is 40.6. The van der Waals surface area contributed by atoms with E-state index in [9.17, 15) is 45.6 Å². The molecule has 0 aromatic carbocycles. The van der Waals surface area contributed by atoms with E-state index in [1.54, 1.807) is 6.08 Å². The van der Waals surface area contributed by atoms with Crippen LogP contribution in [0.4, 0.5) is 0 Å². The van der Waals surface area contributed by atoms with Crippen LogP contribution in [0.2, 0.25) is 0 Å². The van der Waals surface area contributed by atoms with Crippen LogP contribution in [-0.2, 0) is 23.7 Å². The monoisotopic (exact) mass is 1180 g/mol. The van der Waals surface area contributed by atoms with Crippen molar-refractivity contribution in [2.24, 2.45) is 0 Å². The van der Waals surface area contributed by atoms with Gasteiger partial charge in [0.15, 0.2) is 12.6 Å². The third-order valence-corrected chi connectivity index (χ3v) is 17.1. The van der Waals surface area contributed by atoms with Gasteiger partial charge >= 0.3 is 0 Å². The van der Waals surface area contributed by atoms with Crippen molar-refractivity contribution in [3.63, 3.8) is 0 Å². The Labute approximate surface area is 506 Å². The molecule has 0 aliphatic carbocycles. The zero-order chi connectivity index (χ0) is 60.2. The molecule has 0 aromatic rings. The number of hydrogen-bond donors (Lipinski definition) is 9. The summed E-state index contributed by atoms with van der Waals surface area (Å²) in [4.78, 5) is 13.3. The molecule has 9 N–H and O–H groups in total. The average molecular weight is 1180 g/mol. The largest absolute Gasteiger partial charge is 0.394 e. The molecule has 12 unspecified atom stereocenters. The predicted octanol–water partition coefficient (Wildman–Crippen LogP) is 13.7. The van der Waals surface area contributed by atoms with Gasteiger partial charge in [0.2, 0.25) is 5.91 Å². The lowest BCUT2D eigenvalue weighted by molar-refractivity contribution is -0.359. The third kappa shape index (κ3) is 39.0. The molecule has 488 valence electrons. The van der Waals surface area contributed by atoms with Gasteiger partial charge in [-0.15, -0.1) is 0 Å². The summed E-state index contributed by atoms with van der Waals surface area (Å²) in [5.74, 6) is -0.241. The maximum absolute atomic E-state index is 13.3. The normalized spacial score (nSPS) is 24.0. The van der Waals surface area contributed by atoms with E-state index in [1.165, 1.54) is 225 Å². The zero-order valence-corrected chi connectivity index (χ0v) is 53.0. The van der Waals surface area contributed by atoms with Crippen LogP contribution in [0.5, 0.6) is 0 Å². The van der Waals surface area contributed by atoms with Crippen molar-refractivity contribution in [2.45, 2.75) is 376 Å². The lowest BCUT2D eigenvalue weighted by Gasteiger charge is -2.46. The van der Waals surface area contributed by atoms with Crippen LogP contribution in [0.25, 0.3) is 0 Å². The first kappa shape index (κ1) is 77.3. The summed E-state index contributed by atoms with van der Waals surface area (Å²) < 4.78 is 22.8. The molecule has 2 rings (SSSR count). The highest BCUT2D eigenvalue weighted by Crippen LogP contribution is 2.30. The van der Waals surface area contributed by atoms with E-state index in [-0.39, 0.29) is 18.9 Å². The fourth-order valence-electron chi connectivity index (χ4n) is 11.5. The zero-order valence-electron chi connectivity index (χ0n) is 53.0. The number of aliphatic hydroxyl groups is 8. The molecule has 1 amide bonds. The fraction of sp³-hybridized carbons (Fsp3) is 0.899. The molecule has 2 saturated heterocycles. The Hall–Kier alpha value is -1.79. The summed E-state index contributed by atoms with van der Waals surface area (Å²) >= 11 is 0. The van der Waals surface area contributed by atoms with E-state index in [1.807, 2.05) is 6.08 Å². The minimum absolute atomic E-state index is 0.241. The quantitative estimate of drug-likeness (QED) is 0.0204. The second-order valence-electron chi connectivity index (χ2n) is 24.7. The molecule has 0 bridgehead atoms. The highest BCUT2D eigenvalue weighted by atomic mass is 16.7. The van der Waals surface area contributed by atoms with Gasteiger partial charge in [-0.25, -0.2) is 0 Å². The molecule has 2 heterocycles. The second-order valence-corrected chi connectivity index (χ2v) is 24.7. The first-order valence-corrected chi connectivity index (χ1v) is 34.7. The topological polar surface area (TPSA) is 228 Å². The minimum Gasteiger partial charge on any atom is -0.394 e. The number of rotatable bonds is 57.